The Kier molecular flexibility index (Phi) is 4.73. The third-order valence-electron chi connectivity index (χ3n) is 7.82. The Balaban J connectivity index is 1.33. The number of nitrogens with zero attached hydrogens (tertiary/aromatic N) is 2. The first-order valence-electron chi connectivity index (χ1n) is 11.0. The van der Waals surface area contributed by atoms with E-state index in [0.29, 0.717) is 23.0 Å². The van der Waals surface area contributed by atoms with E-state index in [1.165, 1.54) is 38.5 Å². The number of carbonyl (C=O) groups is 1. The summed E-state index contributed by atoms with van der Waals surface area (Å²) in [6, 6.07) is 10.3. The number of hydrogen-bond acceptors (Lipinski definition) is 2. The molecule has 4 bridgehead atoms. The molecule has 4 saturated carbocycles. The number of aryl methyl sites for hydroxylation is 1. The molecule has 0 saturated heterocycles. The first kappa shape index (κ1) is 19.2. The number of rotatable bonds is 5. The molecule has 2 aromatic rings. The molecule has 0 spiro atoms. The monoisotopic (exact) mass is 411 g/mol. The largest absolute Gasteiger partial charge is 0.349 e. The topological polar surface area (TPSA) is 46.9 Å². The van der Waals surface area contributed by atoms with Gasteiger partial charge in [0.15, 0.2) is 0 Å². The molecule has 154 valence electrons. The number of hydrogen-bond donors (Lipinski definition) is 1. The van der Waals surface area contributed by atoms with Gasteiger partial charge in [-0.05, 0) is 81.1 Å². The van der Waals surface area contributed by atoms with E-state index in [9.17, 15) is 4.79 Å². The summed E-state index contributed by atoms with van der Waals surface area (Å²) in [5.41, 5.74) is 2.62. The fourth-order valence-corrected chi connectivity index (χ4v) is 7.12. The summed E-state index contributed by atoms with van der Waals surface area (Å²) in [4.78, 5) is 13.2. The van der Waals surface area contributed by atoms with Crippen molar-refractivity contribution in [3.05, 3.63) is 52.3 Å². The van der Waals surface area contributed by atoms with Crippen molar-refractivity contribution in [3.8, 4) is 0 Å². The van der Waals surface area contributed by atoms with Gasteiger partial charge in [0.05, 0.1) is 17.8 Å². The molecular weight excluding hydrogens is 382 g/mol. The van der Waals surface area contributed by atoms with Gasteiger partial charge in [0.25, 0.3) is 5.91 Å². The first-order valence-corrected chi connectivity index (χ1v) is 11.4. The van der Waals surface area contributed by atoms with Gasteiger partial charge in [0, 0.05) is 6.04 Å². The smallest absolute Gasteiger partial charge is 0.256 e. The summed E-state index contributed by atoms with van der Waals surface area (Å²) in [6.07, 6.45) is 8.08. The summed E-state index contributed by atoms with van der Waals surface area (Å²) in [6.45, 7) is 4.65. The van der Waals surface area contributed by atoms with Crippen LogP contribution in [-0.4, -0.2) is 21.7 Å². The third-order valence-corrected chi connectivity index (χ3v) is 8.20. The Hall–Kier alpha value is -1.81. The molecule has 1 N–H and O–H groups in total. The standard InChI is InChI=1S/C24H30ClN3O/c1-15-21(22(25)28(27-15)14-17-6-4-3-5-7-17)23(29)26-16(2)24-11-18-8-19(12-24)10-20(9-18)13-24/h3-7,16,18-20H,8-14H2,1-2H3,(H,26,29). The Labute approximate surface area is 178 Å². The van der Waals surface area contributed by atoms with Crippen LogP contribution < -0.4 is 5.32 Å². The molecule has 0 aliphatic heterocycles. The van der Waals surface area contributed by atoms with Crippen molar-refractivity contribution in [2.45, 2.75) is 65.0 Å². The fourth-order valence-electron chi connectivity index (χ4n) is 6.80. The Morgan fingerprint density at radius 2 is 1.76 bits per heavy atom. The zero-order valence-electron chi connectivity index (χ0n) is 17.3. The average molecular weight is 412 g/mol. The van der Waals surface area contributed by atoms with Crippen LogP contribution in [0.5, 0.6) is 0 Å². The molecule has 1 unspecified atom stereocenters. The van der Waals surface area contributed by atoms with Gasteiger partial charge >= 0.3 is 0 Å². The molecule has 4 nitrogen and oxygen atoms in total. The van der Waals surface area contributed by atoms with Crippen molar-refractivity contribution in [1.82, 2.24) is 15.1 Å². The Morgan fingerprint density at radius 1 is 1.17 bits per heavy atom. The number of halogens is 1. The molecule has 4 fully saturated rings. The lowest BCUT2D eigenvalue weighted by Gasteiger charge is -2.59. The van der Waals surface area contributed by atoms with Crippen molar-refractivity contribution in [3.63, 3.8) is 0 Å². The molecule has 1 aromatic heterocycles. The van der Waals surface area contributed by atoms with E-state index in [1.54, 1.807) is 4.68 Å². The van der Waals surface area contributed by atoms with Crippen LogP contribution in [0.3, 0.4) is 0 Å². The van der Waals surface area contributed by atoms with Crippen molar-refractivity contribution in [1.29, 1.82) is 0 Å². The highest BCUT2D eigenvalue weighted by Crippen LogP contribution is 2.61. The number of nitrogens with one attached hydrogen (secondary N) is 1. The molecule has 4 aliphatic carbocycles. The van der Waals surface area contributed by atoms with Gasteiger partial charge in [-0.3, -0.25) is 4.79 Å². The summed E-state index contributed by atoms with van der Waals surface area (Å²) >= 11 is 6.62. The maximum Gasteiger partial charge on any atom is 0.256 e. The van der Waals surface area contributed by atoms with Gasteiger partial charge in [-0.1, -0.05) is 41.9 Å². The lowest BCUT2D eigenvalue weighted by molar-refractivity contribution is -0.0688. The molecule has 5 heteroatoms. The van der Waals surface area contributed by atoms with E-state index in [1.807, 2.05) is 37.3 Å². The second-order valence-corrected chi connectivity index (χ2v) is 10.2. The van der Waals surface area contributed by atoms with E-state index in [-0.39, 0.29) is 17.4 Å². The van der Waals surface area contributed by atoms with Crippen molar-refractivity contribution in [2.24, 2.45) is 23.2 Å². The van der Waals surface area contributed by atoms with Crippen LogP contribution in [0, 0.1) is 30.1 Å². The van der Waals surface area contributed by atoms with Crippen LogP contribution in [0.25, 0.3) is 0 Å². The predicted octanol–water partition coefficient (Wildman–Crippen LogP) is 5.23. The number of aromatic nitrogens is 2. The van der Waals surface area contributed by atoms with Crippen molar-refractivity contribution < 1.29 is 4.79 Å². The summed E-state index contributed by atoms with van der Waals surface area (Å²) in [7, 11) is 0. The minimum absolute atomic E-state index is 0.0740. The second kappa shape index (κ2) is 7.16. The minimum atomic E-state index is -0.0740. The Morgan fingerprint density at radius 3 is 2.34 bits per heavy atom. The van der Waals surface area contributed by atoms with E-state index in [4.69, 9.17) is 11.6 Å². The maximum atomic E-state index is 13.2. The van der Waals surface area contributed by atoms with E-state index >= 15 is 0 Å². The van der Waals surface area contributed by atoms with E-state index in [0.717, 1.165) is 23.3 Å². The summed E-state index contributed by atoms with van der Waals surface area (Å²) in [5, 5.41) is 8.32. The van der Waals surface area contributed by atoms with Crippen LogP contribution in [-0.2, 0) is 6.54 Å². The molecular formula is C24H30ClN3O. The molecule has 4 aliphatic rings. The maximum absolute atomic E-state index is 13.2. The normalized spacial score (nSPS) is 31.1. The van der Waals surface area contributed by atoms with Crippen LogP contribution in [0.15, 0.2) is 30.3 Å². The van der Waals surface area contributed by atoms with Crippen LogP contribution in [0.1, 0.15) is 67.1 Å². The van der Waals surface area contributed by atoms with Crippen LogP contribution >= 0.6 is 11.6 Å². The number of amides is 1. The van der Waals surface area contributed by atoms with Gasteiger partial charge in [0.2, 0.25) is 0 Å². The molecule has 1 atom stereocenters. The summed E-state index contributed by atoms with van der Waals surface area (Å²) < 4.78 is 1.73. The lowest BCUT2D eigenvalue weighted by atomic mass is 9.48. The lowest BCUT2D eigenvalue weighted by Crippen LogP contribution is -2.55. The van der Waals surface area contributed by atoms with Gasteiger partial charge < -0.3 is 5.32 Å². The SMILES string of the molecule is Cc1nn(Cc2ccccc2)c(Cl)c1C(=O)NC(C)C12CC3CC(CC(C3)C1)C2. The van der Waals surface area contributed by atoms with Crippen LogP contribution in [0.2, 0.25) is 5.15 Å². The first-order chi connectivity index (χ1) is 13.9. The molecule has 6 rings (SSSR count). The molecule has 1 amide bonds. The number of carbonyl (C=O) groups excluding carboxylic acids is 1. The molecule has 29 heavy (non-hydrogen) atoms. The molecule has 1 heterocycles. The van der Waals surface area contributed by atoms with Gasteiger partial charge in [-0.25, -0.2) is 4.68 Å². The molecule has 1 aromatic carbocycles. The second-order valence-electron chi connectivity index (χ2n) is 9.87. The van der Waals surface area contributed by atoms with E-state index < -0.39 is 0 Å². The molecule has 0 radical (unpaired) electrons. The predicted molar refractivity (Wildman–Crippen MR) is 115 cm³/mol. The van der Waals surface area contributed by atoms with E-state index in [2.05, 4.69) is 17.3 Å². The highest BCUT2D eigenvalue weighted by atomic mass is 35.5. The quantitative estimate of drug-likeness (QED) is 0.732. The van der Waals surface area contributed by atoms with Gasteiger partial charge in [-0.15, -0.1) is 0 Å². The zero-order valence-corrected chi connectivity index (χ0v) is 18.1. The third kappa shape index (κ3) is 3.39. The van der Waals surface area contributed by atoms with Gasteiger partial charge in [-0.2, -0.15) is 5.10 Å². The highest BCUT2D eigenvalue weighted by Gasteiger charge is 2.53. The highest BCUT2D eigenvalue weighted by molar-refractivity contribution is 6.33. The minimum Gasteiger partial charge on any atom is -0.349 e. The fraction of sp³-hybridized carbons (Fsp3) is 0.583. The Bertz CT molecular complexity index is 884. The summed E-state index contributed by atoms with van der Waals surface area (Å²) in [5.74, 6) is 2.55. The van der Waals surface area contributed by atoms with Crippen LogP contribution in [0.4, 0.5) is 0 Å². The van der Waals surface area contributed by atoms with Crippen molar-refractivity contribution >= 4 is 17.5 Å². The zero-order chi connectivity index (χ0) is 20.2. The van der Waals surface area contributed by atoms with Gasteiger partial charge in [0.1, 0.15) is 5.15 Å². The number of benzene rings is 1. The van der Waals surface area contributed by atoms with Crippen molar-refractivity contribution in [2.75, 3.05) is 0 Å². The average Bonchev–Trinajstić information content (AvgIpc) is 2.94.